The Bertz CT molecular complexity index is 502. The van der Waals surface area contributed by atoms with Gasteiger partial charge < -0.3 is 20.1 Å². The molecule has 136 valence electrons. The number of aliphatic hydroxyl groups is 1. The van der Waals surface area contributed by atoms with Gasteiger partial charge in [-0.05, 0) is 30.5 Å². The van der Waals surface area contributed by atoms with Gasteiger partial charge in [0.1, 0.15) is 5.82 Å². The highest BCUT2D eigenvalue weighted by Gasteiger charge is 2.19. The van der Waals surface area contributed by atoms with Crippen molar-refractivity contribution in [2.45, 2.75) is 45.8 Å². The van der Waals surface area contributed by atoms with Crippen LogP contribution in [0.2, 0.25) is 0 Å². The summed E-state index contributed by atoms with van der Waals surface area (Å²) in [7, 11) is 0. The van der Waals surface area contributed by atoms with Crippen molar-refractivity contribution in [3.05, 3.63) is 29.6 Å². The van der Waals surface area contributed by atoms with Crippen molar-refractivity contribution in [1.29, 1.82) is 0 Å². The molecule has 0 aromatic heterocycles. The van der Waals surface area contributed by atoms with E-state index in [0.717, 1.165) is 31.5 Å². The zero-order chi connectivity index (χ0) is 17.5. The highest BCUT2D eigenvalue weighted by atomic mass is 19.1. The molecule has 1 aromatic rings. The molecule has 0 amide bonds. The first kappa shape index (κ1) is 19.2. The Morgan fingerprint density at radius 2 is 1.92 bits per heavy atom. The number of morpholine rings is 1. The van der Waals surface area contributed by atoms with Crippen LogP contribution in [0.15, 0.2) is 18.2 Å². The Hall–Kier alpha value is -1.17. The fraction of sp³-hybridized carbons (Fsp3) is 0.684. The molecule has 0 bridgehead atoms. The van der Waals surface area contributed by atoms with Gasteiger partial charge in [-0.15, -0.1) is 0 Å². The molecular weight excluding hydrogens is 307 g/mol. The normalized spacial score (nSPS) is 18.0. The van der Waals surface area contributed by atoms with Crippen LogP contribution in [0.4, 0.5) is 10.1 Å². The van der Waals surface area contributed by atoms with E-state index in [2.05, 4.69) is 19.2 Å². The summed E-state index contributed by atoms with van der Waals surface area (Å²) in [6.45, 7) is 9.47. The van der Waals surface area contributed by atoms with Crippen LogP contribution in [0.5, 0.6) is 0 Å². The van der Waals surface area contributed by atoms with E-state index in [0.29, 0.717) is 31.4 Å². The summed E-state index contributed by atoms with van der Waals surface area (Å²) in [6.07, 6.45) is 1.58. The maximum absolute atomic E-state index is 14.5. The van der Waals surface area contributed by atoms with E-state index in [1.54, 1.807) is 6.07 Å². The molecule has 5 heteroatoms. The summed E-state index contributed by atoms with van der Waals surface area (Å²) in [5.41, 5.74) is 1.55. The third-order valence-corrected chi connectivity index (χ3v) is 5.05. The second-order valence-electron chi connectivity index (χ2n) is 6.58. The molecule has 0 spiro atoms. The van der Waals surface area contributed by atoms with Crippen molar-refractivity contribution < 1.29 is 14.2 Å². The number of benzene rings is 1. The maximum Gasteiger partial charge on any atom is 0.146 e. The molecule has 0 aliphatic carbocycles. The predicted octanol–water partition coefficient (Wildman–Crippen LogP) is 3.11. The molecule has 1 aliphatic heterocycles. The molecule has 1 aliphatic rings. The average Bonchev–Trinajstić information content (AvgIpc) is 2.61. The number of nitrogens with one attached hydrogen (secondary N) is 1. The first-order valence-corrected chi connectivity index (χ1v) is 9.10. The predicted molar refractivity (Wildman–Crippen MR) is 95.9 cm³/mol. The fourth-order valence-electron chi connectivity index (χ4n) is 3.27. The zero-order valence-corrected chi connectivity index (χ0v) is 15.1. The lowest BCUT2D eigenvalue weighted by atomic mass is 9.96. The molecule has 2 N–H and O–H groups in total. The van der Waals surface area contributed by atoms with Gasteiger partial charge >= 0.3 is 0 Å². The van der Waals surface area contributed by atoms with Crippen LogP contribution in [0.25, 0.3) is 0 Å². The van der Waals surface area contributed by atoms with Gasteiger partial charge in [0.05, 0.1) is 25.0 Å². The third-order valence-electron chi connectivity index (χ3n) is 5.05. The zero-order valence-electron chi connectivity index (χ0n) is 15.1. The Morgan fingerprint density at radius 3 is 2.50 bits per heavy atom. The topological polar surface area (TPSA) is 44.7 Å². The number of nitrogens with zero attached hydrogens (tertiary/aromatic N) is 1. The van der Waals surface area contributed by atoms with Crippen molar-refractivity contribution in [2.75, 3.05) is 37.7 Å². The molecule has 24 heavy (non-hydrogen) atoms. The summed E-state index contributed by atoms with van der Waals surface area (Å²) in [6, 6.07) is 5.43. The summed E-state index contributed by atoms with van der Waals surface area (Å²) >= 11 is 0. The second-order valence-corrected chi connectivity index (χ2v) is 6.58. The molecular formula is C19H31FN2O2. The molecule has 1 fully saturated rings. The van der Waals surface area contributed by atoms with Crippen LogP contribution >= 0.6 is 0 Å². The fourth-order valence-corrected chi connectivity index (χ4v) is 3.27. The molecule has 0 radical (unpaired) electrons. The van der Waals surface area contributed by atoms with E-state index >= 15 is 0 Å². The lowest BCUT2D eigenvalue weighted by Gasteiger charge is -2.29. The van der Waals surface area contributed by atoms with Gasteiger partial charge in [-0.3, -0.25) is 0 Å². The second kappa shape index (κ2) is 9.35. The Balaban J connectivity index is 1.95. The highest BCUT2D eigenvalue weighted by Crippen LogP contribution is 2.24. The number of hydrogen-bond donors (Lipinski definition) is 2. The van der Waals surface area contributed by atoms with Gasteiger partial charge in [0.25, 0.3) is 0 Å². The van der Waals surface area contributed by atoms with Crippen molar-refractivity contribution in [3.8, 4) is 0 Å². The quantitative estimate of drug-likeness (QED) is 0.764. The molecule has 1 saturated heterocycles. The van der Waals surface area contributed by atoms with Crippen molar-refractivity contribution in [1.82, 2.24) is 5.32 Å². The van der Waals surface area contributed by atoms with Gasteiger partial charge in [-0.25, -0.2) is 4.39 Å². The summed E-state index contributed by atoms with van der Waals surface area (Å²) < 4.78 is 19.8. The van der Waals surface area contributed by atoms with Gasteiger partial charge in [0.15, 0.2) is 0 Å². The lowest BCUT2D eigenvalue weighted by molar-refractivity contribution is 0.0989. The van der Waals surface area contributed by atoms with Gasteiger partial charge in [0, 0.05) is 25.7 Å². The standard InChI is InChI=1S/C19H31FN2O2/c1-4-15(5-2)19(23)13-21-14(3)16-6-7-18(17(20)12-16)22-8-10-24-11-9-22/h6-7,12,14-15,19,21,23H,4-5,8-11,13H2,1-3H3. The number of ether oxygens (including phenoxy) is 1. The average molecular weight is 338 g/mol. The molecule has 2 rings (SSSR count). The SMILES string of the molecule is CCC(CC)C(O)CNC(C)c1ccc(N2CCOCC2)c(F)c1. The maximum atomic E-state index is 14.5. The van der Waals surface area contributed by atoms with E-state index in [1.807, 2.05) is 24.0 Å². The van der Waals surface area contributed by atoms with Gasteiger partial charge in [-0.1, -0.05) is 32.8 Å². The summed E-state index contributed by atoms with van der Waals surface area (Å²) in [4.78, 5) is 2.03. The summed E-state index contributed by atoms with van der Waals surface area (Å²) in [5, 5.41) is 13.5. The van der Waals surface area contributed by atoms with E-state index in [9.17, 15) is 9.50 Å². The molecule has 1 aromatic carbocycles. The minimum absolute atomic E-state index is 0.00208. The van der Waals surface area contributed by atoms with E-state index in [-0.39, 0.29) is 18.0 Å². The van der Waals surface area contributed by atoms with Crippen LogP contribution in [0.1, 0.15) is 45.2 Å². The molecule has 4 nitrogen and oxygen atoms in total. The lowest BCUT2D eigenvalue weighted by Crippen LogP contribution is -2.37. The largest absolute Gasteiger partial charge is 0.392 e. The number of aliphatic hydroxyl groups excluding tert-OH is 1. The van der Waals surface area contributed by atoms with Crippen LogP contribution in [-0.2, 0) is 4.74 Å². The van der Waals surface area contributed by atoms with Gasteiger partial charge in [-0.2, -0.15) is 0 Å². The minimum atomic E-state index is -0.361. The van der Waals surface area contributed by atoms with Crippen molar-refractivity contribution in [2.24, 2.45) is 5.92 Å². The number of hydrogen-bond acceptors (Lipinski definition) is 4. The molecule has 0 saturated carbocycles. The van der Waals surface area contributed by atoms with Crippen molar-refractivity contribution >= 4 is 5.69 Å². The Labute approximate surface area is 145 Å². The Kier molecular flexibility index (Phi) is 7.46. The number of anilines is 1. The van der Waals surface area contributed by atoms with Gasteiger partial charge in [0.2, 0.25) is 0 Å². The summed E-state index contributed by atoms with van der Waals surface area (Å²) in [5.74, 6) is 0.119. The molecule has 2 atom stereocenters. The van der Waals surface area contributed by atoms with Crippen LogP contribution in [0, 0.1) is 11.7 Å². The first-order valence-electron chi connectivity index (χ1n) is 9.10. The van der Waals surface area contributed by atoms with E-state index < -0.39 is 0 Å². The number of halogens is 1. The minimum Gasteiger partial charge on any atom is -0.392 e. The first-order chi connectivity index (χ1) is 11.6. The van der Waals surface area contributed by atoms with Crippen LogP contribution in [-0.4, -0.2) is 44.1 Å². The van der Waals surface area contributed by atoms with Crippen LogP contribution in [0.3, 0.4) is 0 Å². The highest BCUT2D eigenvalue weighted by molar-refractivity contribution is 5.49. The van der Waals surface area contributed by atoms with Crippen molar-refractivity contribution in [3.63, 3.8) is 0 Å². The van der Waals surface area contributed by atoms with E-state index in [1.165, 1.54) is 0 Å². The molecule has 2 unspecified atom stereocenters. The smallest absolute Gasteiger partial charge is 0.146 e. The third kappa shape index (κ3) is 4.91. The van der Waals surface area contributed by atoms with Crippen LogP contribution < -0.4 is 10.2 Å². The monoisotopic (exact) mass is 338 g/mol. The number of rotatable bonds is 8. The van der Waals surface area contributed by atoms with E-state index in [4.69, 9.17) is 4.74 Å². The molecule has 1 heterocycles. The Morgan fingerprint density at radius 1 is 1.25 bits per heavy atom.